The molecule has 9 nitrogen and oxygen atoms in total. The maximum Gasteiger partial charge on any atom is 0.360 e. The standard InChI is InChI=1S/C16H18N4O5/c1-4-17-16(24)18-13(21)9(2)25-15(23)12-10-7-5-6-8-11(10)14(22)20(3)19-12/h5-9H,4H2,1-3H3,(H2,17,18,21,24). The summed E-state index contributed by atoms with van der Waals surface area (Å²) in [4.78, 5) is 47.6. The summed E-state index contributed by atoms with van der Waals surface area (Å²) < 4.78 is 6.10. The van der Waals surface area contributed by atoms with E-state index in [1.807, 2.05) is 0 Å². The number of nitrogens with zero attached hydrogens (tertiary/aromatic N) is 2. The molecule has 25 heavy (non-hydrogen) atoms. The molecule has 0 aliphatic heterocycles. The minimum absolute atomic E-state index is 0.0876. The zero-order valence-corrected chi connectivity index (χ0v) is 14.0. The van der Waals surface area contributed by atoms with Gasteiger partial charge in [0.25, 0.3) is 11.5 Å². The maximum atomic E-state index is 12.4. The van der Waals surface area contributed by atoms with Crippen molar-refractivity contribution in [1.82, 2.24) is 20.4 Å². The molecule has 2 aromatic rings. The quantitative estimate of drug-likeness (QED) is 0.770. The Morgan fingerprint density at radius 1 is 1.24 bits per heavy atom. The highest BCUT2D eigenvalue weighted by atomic mass is 16.5. The van der Waals surface area contributed by atoms with Crippen LogP contribution in [-0.2, 0) is 16.6 Å². The topological polar surface area (TPSA) is 119 Å². The first-order chi connectivity index (χ1) is 11.8. The second-order valence-corrected chi connectivity index (χ2v) is 5.22. The van der Waals surface area contributed by atoms with Crippen LogP contribution in [0.15, 0.2) is 29.1 Å². The van der Waals surface area contributed by atoms with Gasteiger partial charge in [-0.05, 0) is 19.9 Å². The van der Waals surface area contributed by atoms with E-state index in [1.165, 1.54) is 14.0 Å². The number of aromatic nitrogens is 2. The number of hydrogen-bond donors (Lipinski definition) is 2. The van der Waals surface area contributed by atoms with E-state index in [1.54, 1.807) is 31.2 Å². The third-order valence-corrected chi connectivity index (χ3v) is 3.38. The van der Waals surface area contributed by atoms with Crippen LogP contribution in [0.25, 0.3) is 10.8 Å². The molecule has 0 spiro atoms. The summed E-state index contributed by atoms with van der Waals surface area (Å²) in [5, 5.41) is 9.01. The van der Waals surface area contributed by atoms with Gasteiger partial charge in [-0.3, -0.25) is 14.9 Å². The lowest BCUT2D eigenvalue weighted by Gasteiger charge is -2.14. The number of esters is 1. The summed E-state index contributed by atoms with van der Waals surface area (Å²) in [5.74, 6) is -1.64. The Morgan fingerprint density at radius 2 is 1.88 bits per heavy atom. The number of benzene rings is 1. The number of ether oxygens (including phenoxy) is 1. The maximum absolute atomic E-state index is 12.4. The molecule has 1 aromatic carbocycles. The largest absolute Gasteiger partial charge is 0.448 e. The molecule has 1 heterocycles. The molecule has 0 fully saturated rings. The highest BCUT2D eigenvalue weighted by Gasteiger charge is 2.23. The lowest BCUT2D eigenvalue weighted by atomic mass is 10.1. The number of imide groups is 1. The van der Waals surface area contributed by atoms with Crippen LogP contribution in [0, 0.1) is 0 Å². The fourth-order valence-electron chi connectivity index (χ4n) is 2.14. The number of carbonyl (C=O) groups excluding carboxylic acids is 3. The molecular formula is C16H18N4O5. The van der Waals surface area contributed by atoms with Gasteiger partial charge in [0.05, 0.1) is 5.39 Å². The lowest BCUT2D eigenvalue weighted by molar-refractivity contribution is -0.127. The Balaban J connectivity index is 2.23. The van der Waals surface area contributed by atoms with E-state index in [9.17, 15) is 19.2 Å². The zero-order chi connectivity index (χ0) is 18.6. The molecule has 1 unspecified atom stereocenters. The van der Waals surface area contributed by atoms with E-state index in [-0.39, 0.29) is 11.3 Å². The number of carbonyl (C=O) groups is 3. The number of fused-ring (bicyclic) bond motifs is 1. The van der Waals surface area contributed by atoms with Crippen molar-refractivity contribution in [2.75, 3.05) is 6.54 Å². The van der Waals surface area contributed by atoms with Crippen molar-refractivity contribution in [3.63, 3.8) is 0 Å². The van der Waals surface area contributed by atoms with Crippen molar-refractivity contribution >= 4 is 28.7 Å². The van der Waals surface area contributed by atoms with Gasteiger partial charge < -0.3 is 10.1 Å². The number of amides is 3. The highest BCUT2D eigenvalue weighted by Crippen LogP contribution is 2.14. The van der Waals surface area contributed by atoms with E-state index >= 15 is 0 Å². The van der Waals surface area contributed by atoms with Gasteiger partial charge >= 0.3 is 12.0 Å². The molecule has 0 bridgehead atoms. The van der Waals surface area contributed by atoms with Crippen molar-refractivity contribution in [2.45, 2.75) is 20.0 Å². The first-order valence-corrected chi connectivity index (χ1v) is 7.60. The summed E-state index contributed by atoms with van der Waals surface area (Å²) in [5.41, 5.74) is -0.440. The average molecular weight is 346 g/mol. The Morgan fingerprint density at radius 3 is 2.52 bits per heavy atom. The normalized spacial score (nSPS) is 11.6. The van der Waals surface area contributed by atoms with Gasteiger partial charge in [0.15, 0.2) is 11.8 Å². The molecule has 1 atom stereocenters. The molecule has 0 aliphatic carbocycles. The average Bonchev–Trinajstić information content (AvgIpc) is 2.58. The van der Waals surface area contributed by atoms with E-state index < -0.39 is 24.0 Å². The lowest BCUT2D eigenvalue weighted by Crippen LogP contribution is -2.44. The van der Waals surface area contributed by atoms with Crippen LogP contribution in [0.4, 0.5) is 4.79 Å². The molecule has 0 saturated carbocycles. The van der Waals surface area contributed by atoms with E-state index in [0.29, 0.717) is 17.3 Å². The fraction of sp³-hybridized carbons (Fsp3) is 0.312. The van der Waals surface area contributed by atoms with Gasteiger partial charge in [0, 0.05) is 19.0 Å². The highest BCUT2D eigenvalue weighted by molar-refractivity contribution is 6.03. The first-order valence-electron chi connectivity index (χ1n) is 7.60. The number of nitrogens with one attached hydrogen (secondary N) is 2. The molecule has 1 aromatic heterocycles. The molecular weight excluding hydrogens is 328 g/mol. The summed E-state index contributed by atoms with van der Waals surface area (Å²) in [6.07, 6.45) is -1.21. The van der Waals surface area contributed by atoms with E-state index in [0.717, 1.165) is 4.68 Å². The second kappa shape index (κ2) is 7.56. The molecule has 2 rings (SSSR count). The smallest absolute Gasteiger partial charge is 0.360 e. The number of aryl methyl sites for hydroxylation is 1. The van der Waals surface area contributed by atoms with Crippen molar-refractivity contribution in [1.29, 1.82) is 0 Å². The summed E-state index contributed by atoms with van der Waals surface area (Å²) in [7, 11) is 1.41. The molecule has 9 heteroatoms. The predicted molar refractivity (Wildman–Crippen MR) is 89.1 cm³/mol. The summed E-state index contributed by atoms with van der Waals surface area (Å²) in [6, 6.07) is 5.79. The molecule has 132 valence electrons. The number of rotatable bonds is 4. The monoisotopic (exact) mass is 346 g/mol. The van der Waals surface area contributed by atoms with Crippen LogP contribution >= 0.6 is 0 Å². The van der Waals surface area contributed by atoms with Crippen molar-refractivity contribution in [3.05, 3.63) is 40.3 Å². The van der Waals surface area contributed by atoms with Crippen LogP contribution < -0.4 is 16.2 Å². The predicted octanol–water partition coefficient (Wildman–Crippen LogP) is 0.325. The van der Waals surface area contributed by atoms with E-state index in [2.05, 4.69) is 15.7 Å². The van der Waals surface area contributed by atoms with Crippen molar-refractivity contribution < 1.29 is 19.1 Å². The van der Waals surface area contributed by atoms with Gasteiger partial charge in [-0.25, -0.2) is 14.3 Å². The fourth-order valence-corrected chi connectivity index (χ4v) is 2.14. The minimum Gasteiger partial charge on any atom is -0.448 e. The molecule has 0 radical (unpaired) electrons. The van der Waals surface area contributed by atoms with Gasteiger partial charge in [0.2, 0.25) is 0 Å². The van der Waals surface area contributed by atoms with Gasteiger partial charge in [0.1, 0.15) is 0 Å². The van der Waals surface area contributed by atoms with E-state index in [4.69, 9.17) is 4.74 Å². The Hall–Kier alpha value is -3.23. The number of hydrogen-bond acceptors (Lipinski definition) is 6. The van der Waals surface area contributed by atoms with Gasteiger partial charge in [-0.1, -0.05) is 18.2 Å². The van der Waals surface area contributed by atoms with Crippen molar-refractivity contribution in [3.8, 4) is 0 Å². The Kier molecular flexibility index (Phi) is 5.48. The molecule has 3 amide bonds. The number of urea groups is 1. The summed E-state index contributed by atoms with van der Waals surface area (Å²) in [6.45, 7) is 3.38. The molecule has 0 aliphatic rings. The zero-order valence-electron chi connectivity index (χ0n) is 14.0. The third-order valence-electron chi connectivity index (χ3n) is 3.38. The van der Waals surface area contributed by atoms with Crippen LogP contribution in [0.3, 0.4) is 0 Å². The van der Waals surface area contributed by atoms with Crippen molar-refractivity contribution in [2.24, 2.45) is 7.05 Å². The summed E-state index contributed by atoms with van der Waals surface area (Å²) >= 11 is 0. The van der Waals surface area contributed by atoms with Gasteiger partial charge in [-0.15, -0.1) is 0 Å². The second-order valence-electron chi connectivity index (χ2n) is 5.22. The Bertz CT molecular complexity index is 890. The van der Waals surface area contributed by atoms with Crippen LogP contribution in [0.1, 0.15) is 24.3 Å². The molecule has 2 N–H and O–H groups in total. The first kappa shape index (κ1) is 18.1. The molecule has 0 saturated heterocycles. The van der Waals surface area contributed by atoms with Crippen LogP contribution in [-0.4, -0.2) is 40.3 Å². The SMILES string of the molecule is CCNC(=O)NC(=O)C(C)OC(=O)c1nn(C)c(=O)c2ccccc12. The van der Waals surface area contributed by atoms with Gasteiger partial charge in [-0.2, -0.15) is 5.10 Å². The van der Waals surface area contributed by atoms with Crippen LogP contribution in [0.2, 0.25) is 0 Å². The van der Waals surface area contributed by atoms with Crippen LogP contribution in [0.5, 0.6) is 0 Å². The Labute approximate surface area is 143 Å². The third kappa shape index (κ3) is 4.00. The minimum atomic E-state index is -1.21.